The lowest BCUT2D eigenvalue weighted by molar-refractivity contribution is 0.0655. The molecule has 1 saturated carbocycles. The number of para-hydroxylation sites is 1. The smallest absolute Gasteiger partial charge is 0.272 e. The summed E-state index contributed by atoms with van der Waals surface area (Å²) in [5.74, 6) is 0.639. The fourth-order valence-electron chi connectivity index (χ4n) is 3.07. The second kappa shape index (κ2) is 5.81. The minimum absolute atomic E-state index is 0.0985. The molecule has 1 amide bonds. The first kappa shape index (κ1) is 14.5. The Kier molecular flexibility index (Phi) is 3.65. The van der Waals surface area contributed by atoms with Gasteiger partial charge in [0.2, 0.25) is 0 Å². The van der Waals surface area contributed by atoms with Gasteiger partial charge in [-0.1, -0.05) is 18.2 Å². The van der Waals surface area contributed by atoms with Crippen LogP contribution in [-0.2, 0) is 0 Å². The van der Waals surface area contributed by atoms with Gasteiger partial charge in [-0.2, -0.15) is 5.10 Å². The van der Waals surface area contributed by atoms with Crippen LogP contribution in [0, 0.1) is 0 Å². The highest BCUT2D eigenvalue weighted by atomic mass is 16.2. The molecule has 0 spiro atoms. The molecule has 1 aliphatic heterocycles. The maximum atomic E-state index is 13.0. The molecule has 1 saturated heterocycles. The zero-order chi connectivity index (χ0) is 15.8. The van der Waals surface area contributed by atoms with Crippen LogP contribution in [0.25, 0.3) is 5.69 Å². The fraction of sp³-hybridized carbons (Fsp3) is 0.444. The van der Waals surface area contributed by atoms with Gasteiger partial charge in [-0.25, -0.2) is 4.68 Å². The standard InChI is InChI=1S/C18H22N4O/c1-20-9-11-21(12-10-20)18(23)17-13-16(14-7-8-14)19-22(17)15-5-3-2-4-6-15/h2-6,13-14H,7-12H2,1H3. The van der Waals surface area contributed by atoms with Crippen molar-refractivity contribution in [2.45, 2.75) is 18.8 Å². The van der Waals surface area contributed by atoms with Gasteiger partial charge >= 0.3 is 0 Å². The molecule has 1 aromatic carbocycles. The van der Waals surface area contributed by atoms with E-state index in [1.807, 2.05) is 46.0 Å². The van der Waals surface area contributed by atoms with Gasteiger partial charge in [-0.3, -0.25) is 4.79 Å². The SMILES string of the molecule is CN1CCN(C(=O)c2cc(C3CC3)nn2-c2ccccc2)CC1. The lowest BCUT2D eigenvalue weighted by Gasteiger charge is -2.32. The van der Waals surface area contributed by atoms with Crippen LogP contribution in [0.4, 0.5) is 0 Å². The topological polar surface area (TPSA) is 41.4 Å². The monoisotopic (exact) mass is 310 g/mol. The van der Waals surface area contributed by atoms with E-state index in [1.165, 1.54) is 12.8 Å². The van der Waals surface area contributed by atoms with Gasteiger partial charge in [0.1, 0.15) is 5.69 Å². The molecule has 2 aliphatic rings. The van der Waals surface area contributed by atoms with Crippen LogP contribution in [0.2, 0.25) is 0 Å². The highest BCUT2D eigenvalue weighted by Crippen LogP contribution is 2.39. The van der Waals surface area contributed by atoms with E-state index in [9.17, 15) is 4.79 Å². The molecule has 23 heavy (non-hydrogen) atoms. The summed E-state index contributed by atoms with van der Waals surface area (Å²) in [6.07, 6.45) is 2.38. The third-order valence-corrected chi connectivity index (χ3v) is 4.73. The molecule has 120 valence electrons. The maximum absolute atomic E-state index is 13.0. The molecule has 4 rings (SSSR count). The first-order chi connectivity index (χ1) is 11.2. The molecule has 1 aromatic heterocycles. The number of hydrogen-bond donors (Lipinski definition) is 0. The summed E-state index contributed by atoms with van der Waals surface area (Å²) in [5, 5.41) is 4.73. The zero-order valence-electron chi connectivity index (χ0n) is 13.5. The molecule has 2 fully saturated rings. The summed E-state index contributed by atoms with van der Waals surface area (Å²) in [5.41, 5.74) is 2.71. The van der Waals surface area contributed by atoms with E-state index < -0.39 is 0 Å². The Hall–Kier alpha value is -2.14. The largest absolute Gasteiger partial charge is 0.335 e. The van der Waals surface area contributed by atoms with Crippen molar-refractivity contribution in [1.82, 2.24) is 19.6 Å². The first-order valence-electron chi connectivity index (χ1n) is 8.35. The van der Waals surface area contributed by atoms with Gasteiger partial charge < -0.3 is 9.80 Å². The van der Waals surface area contributed by atoms with Crippen molar-refractivity contribution in [3.63, 3.8) is 0 Å². The molecular weight excluding hydrogens is 288 g/mol. The third kappa shape index (κ3) is 2.88. The van der Waals surface area contributed by atoms with Crippen LogP contribution in [0.5, 0.6) is 0 Å². The van der Waals surface area contributed by atoms with Gasteiger partial charge in [-0.05, 0) is 38.1 Å². The lowest BCUT2D eigenvalue weighted by atomic mass is 10.2. The Morgan fingerprint density at radius 2 is 1.78 bits per heavy atom. The normalized spacial score (nSPS) is 19.1. The average Bonchev–Trinajstić information content (AvgIpc) is 3.34. The molecule has 0 atom stereocenters. The quantitative estimate of drug-likeness (QED) is 0.872. The maximum Gasteiger partial charge on any atom is 0.272 e. The molecule has 5 nitrogen and oxygen atoms in total. The molecule has 0 N–H and O–H groups in total. The summed E-state index contributed by atoms with van der Waals surface area (Å²) < 4.78 is 1.83. The van der Waals surface area contributed by atoms with E-state index in [-0.39, 0.29) is 5.91 Å². The Balaban J connectivity index is 1.67. The Morgan fingerprint density at radius 1 is 1.09 bits per heavy atom. The minimum atomic E-state index is 0.0985. The van der Waals surface area contributed by atoms with E-state index in [2.05, 4.69) is 11.9 Å². The minimum Gasteiger partial charge on any atom is -0.335 e. The number of likely N-dealkylation sites (N-methyl/N-ethyl adjacent to an activating group) is 1. The predicted molar refractivity (Wildman–Crippen MR) is 88.9 cm³/mol. The highest BCUT2D eigenvalue weighted by Gasteiger charge is 2.30. The predicted octanol–water partition coefficient (Wildman–Crippen LogP) is 2.14. The molecule has 2 aromatic rings. The van der Waals surface area contributed by atoms with E-state index in [1.54, 1.807) is 0 Å². The van der Waals surface area contributed by atoms with E-state index in [0.29, 0.717) is 11.6 Å². The third-order valence-electron chi connectivity index (χ3n) is 4.73. The van der Waals surface area contributed by atoms with Crippen molar-refractivity contribution >= 4 is 5.91 Å². The van der Waals surface area contributed by atoms with E-state index in [0.717, 1.165) is 37.6 Å². The number of rotatable bonds is 3. The van der Waals surface area contributed by atoms with Crippen LogP contribution in [0.3, 0.4) is 0 Å². The van der Waals surface area contributed by atoms with Crippen molar-refractivity contribution in [2.24, 2.45) is 0 Å². The van der Waals surface area contributed by atoms with Crippen molar-refractivity contribution in [2.75, 3.05) is 33.2 Å². The molecule has 2 heterocycles. The number of amides is 1. The van der Waals surface area contributed by atoms with Crippen molar-refractivity contribution in [3.05, 3.63) is 47.8 Å². The number of carbonyl (C=O) groups excluding carboxylic acids is 1. The Labute approximate surface area is 136 Å². The molecular formula is C18H22N4O. The second-order valence-corrected chi connectivity index (χ2v) is 6.57. The van der Waals surface area contributed by atoms with Crippen molar-refractivity contribution in [1.29, 1.82) is 0 Å². The lowest BCUT2D eigenvalue weighted by Crippen LogP contribution is -2.47. The Morgan fingerprint density at radius 3 is 2.43 bits per heavy atom. The first-order valence-corrected chi connectivity index (χ1v) is 8.35. The van der Waals surface area contributed by atoms with E-state index >= 15 is 0 Å². The summed E-state index contributed by atoms with van der Waals surface area (Å²) in [6, 6.07) is 12.0. The summed E-state index contributed by atoms with van der Waals surface area (Å²) in [7, 11) is 2.10. The molecule has 0 radical (unpaired) electrons. The van der Waals surface area contributed by atoms with Gasteiger partial charge in [-0.15, -0.1) is 0 Å². The average molecular weight is 310 g/mol. The number of hydrogen-bond acceptors (Lipinski definition) is 3. The van der Waals surface area contributed by atoms with Crippen LogP contribution >= 0.6 is 0 Å². The van der Waals surface area contributed by atoms with Crippen LogP contribution in [0.1, 0.15) is 34.9 Å². The molecule has 0 bridgehead atoms. The number of piperazine rings is 1. The summed E-state index contributed by atoms with van der Waals surface area (Å²) >= 11 is 0. The number of aromatic nitrogens is 2. The Bertz CT molecular complexity index is 697. The van der Waals surface area contributed by atoms with Gasteiger partial charge in [0, 0.05) is 32.1 Å². The summed E-state index contributed by atoms with van der Waals surface area (Å²) in [6.45, 7) is 3.43. The highest BCUT2D eigenvalue weighted by molar-refractivity contribution is 5.93. The number of benzene rings is 1. The van der Waals surface area contributed by atoms with Crippen LogP contribution in [0.15, 0.2) is 36.4 Å². The fourth-order valence-corrected chi connectivity index (χ4v) is 3.07. The molecule has 5 heteroatoms. The number of carbonyl (C=O) groups is 1. The molecule has 1 aliphatic carbocycles. The van der Waals surface area contributed by atoms with Crippen LogP contribution in [-0.4, -0.2) is 58.7 Å². The van der Waals surface area contributed by atoms with Gasteiger partial charge in [0.15, 0.2) is 0 Å². The van der Waals surface area contributed by atoms with Gasteiger partial charge in [0.05, 0.1) is 11.4 Å². The second-order valence-electron chi connectivity index (χ2n) is 6.57. The van der Waals surface area contributed by atoms with Crippen molar-refractivity contribution in [3.8, 4) is 5.69 Å². The zero-order valence-corrected chi connectivity index (χ0v) is 13.5. The van der Waals surface area contributed by atoms with Crippen LogP contribution < -0.4 is 0 Å². The summed E-state index contributed by atoms with van der Waals surface area (Å²) in [4.78, 5) is 17.2. The number of nitrogens with zero attached hydrogens (tertiary/aromatic N) is 4. The molecule has 0 unspecified atom stereocenters. The van der Waals surface area contributed by atoms with E-state index in [4.69, 9.17) is 5.10 Å². The van der Waals surface area contributed by atoms with Gasteiger partial charge in [0.25, 0.3) is 5.91 Å². The van der Waals surface area contributed by atoms with Crippen molar-refractivity contribution < 1.29 is 4.79 Å².